The minimum absolute atomic E-state index is 0.000556. The average molecular weight is 238 g/mol. The average Bonchev–Trinajstić information content (AvgIpc) is 2.83. The summed E-state index contributed by atoms with van der Waals surface area (Å²) in [4.78, 5) is 5.01. The molecule has 1 heterocycles. The lowest BCUT2D eigenvalue weighted by molar-refractivity contribution is -0.0284. The number of benzene rings is 1. The van der Waals surface area contributed by atoms with Gasteiger partial charge in [0.15, 0.2) is 0 Å². The predicted molar refractivity (Wildman–Crippen MR) is 55.6 cm³/mol. The quantitative estimate of drug-likeness (QED) is 0.767. The van der Waals surface area contributed by atoms with Gasteiger partial charge >= 0.3 is 0 Å². The fourth-order valence-corrected chi connectivity index (χ4v) is 2.95. The van der Waals surface area contributed by atoms with Crippen LogP contribution in [0.5, 0.6) is 0 Å². The van der Waals surface area contributed by atoms with E-state index in [4.69, 9.17) is 10.1 Å². The van der Waals surface area contributed by atoms with Gasteiger partial charge < -0.3 is 0 Å². The van der Waals surface area contributed by atoms with Gasteiger partial charge in [0, 0.05) is 6.54 Å². The van der Waals surface area contributed by atoms with E-state index in [2.05, 4.69) is 0 Å². The third-order valence-electron chi connectivity index (χ3n) is 2.27. The summed E-state index contributed by atoms with van der Waals surface area (Å²) in [6.45, 7) is 0.732. The first-order valence-corrected chi connectivity index (χ1v) is 6.25. The highest BCUT2D eigenvalue weighted by Crippen LogP contribution is 2.22. The monoisotopic (exact) mass is 238 g/mol. The van der Waals surface area contributed by atoms with Crippen molar-refractivity contribution in [3.05, 3.63) is 29.8 Å². The molecule has 1 aromatic rings. The number of hydrogen-bond donors (Lipinski definition) is 0. The standard InChI is InChI=1S/C10H10N2O3S/c11-8-9-4-1-2-5-10(9)16(13,14)12-6-3-7-15-12/h1-2,4-5H,3,6-7H2. The molecule has 1 aromatic carbocycles. The van der Waals surface area contributed by atoms with Gasteiger partial charge in [-0.3, -0.25) is 4.84 Å². The molecule has 1 saturated heterocycles. The van der Waals surface area contributed by atoms with Crippen LogP contribution in [0.2, 0.25) is 0 Å². The highest BCUT2D eigenvalue weighted by molar-refractivity contribution is 7.89. The van der Waals surface area contributed by atoms with Crippen LogP contribution in [-0.2, 0) is 14.9 Å². The molecule has 0 saturated carbocycles. The Labute approximate surface area is 93.9 Å². The first kappa shape index (κ1) is 11.1. The van der Waals surface area contributed by atoms with E-state index < -0.39 is 10.0 Å². The third-order valence-corrected chi connectivity index (χ3v) is 4.01. The van der Waals surface area contributed by atoms with Crippen molar-refractivity contribution in [3.8, 4) is 6.07 Å². The van der Waals surface area contributed by atoms with Gasteiger partial charge in [0.1, 0.15) is 11.0 Å². The number of nitriles is 1. The number of sulfonamides is 1. The van der Waals surface area contributed by atoms with Gasteiger partial charge in [-0.2, -0.15) is 5.26 Å². The van der Waals surface area contributed by atoms with Crippen molar-refractivity contribution in [3.63, 3.8) is 0 Å². The Morgan fingerprint density at radius 1 is 1.38 bits per heavy atom. The number of hydroxylamine groups is 1. The number of rotatable bonds is 2. The summed E-state index contributed by atoms with van der Waals surface area (Å²) in [6.07, 6.45) is 0.675. The Hall–Kier alpha value is -1.42. The van der Waals surface area contributed by atoms with Crippen LogP contribution in [0.3, 0.4) is 0 Å². The molecule has 84 valence electrons. The first-order chi connectivity index (χ1) is 7.66. The maximum absolute atomic E-state index is 12.1. The maximum Gasteiger partial charge on any atom is 0.266 e. The first-order valence-electron chi connectivity index (χ1n) is 4.81. The number of hydrogen-bond acceptors (Lipinski definition) is 4. The van der Waals surface area contributed by atoms with E-state index in [1.165, 1.54) is 12.1 Å². The SMILES string of the molecule is N#Cc1ccccc1S(=O)(=O)N1CCCO1. The van der Waals surface area contributed by atoms with Gasteiger partial charge in [-0.15, -0.1) is 0 Å². The minimum Gasteiger partial charge on any atom is -0.284 e. The van der Waals surface area contributed by atoms with Crippen molar-refractivity contribution in [1.29, 1.82) is 5.26 Å². The summed E-state index contributed by atoms with van der Waals surface area (Å²) in [7, 11) is -3.69. The number of nitrogens with zero attached hydrogens (tertiary/aromatic N) is 2. The van der Waals surface area contributed by atoms with Gasteiger partial charge in [0.25, 0.3) is 10.0 Å². The van der Waals surface area contributed by atoms with Crippen LogP contribution in [0.25, 0.3) is 0 Å². The zero-order valence-corrected chi connectivity index (χ0v) is 9.27. The molecular weight excluding hydrogens is 228 g/mol. The van der Waals surface area contributed by atoms with Gasteiger partial charge in [-0.1, -0.05) is 16.6 Å². The van der Waals surface area contributed by atoms with E-state index in [0.717, 1.165) is 4.47 Å². The summed E-state index contributed by atoms with van der Waals surface area (Å²) >= 11 is 0. The molecule has 0 atom stereocenters. The lowest BCUT2D eigenvalue weighted by Crippen LogP contribution is -2.27. The summed E-state index contributed by atoms with van der Waals surface area (Å²) < 4.78 is 25.1. The van der Waals surface area contributed by atoms with Crippen LogP contribution < -0.4 is 0 Å². The van der Waals surface area contributed by atoms with Crippen LogP contribution in [0.4, 0.5) is 0 Å². The van der Waals surface area contributed by atoms with E-state index in [1.54, 1.807) is 12.1 Å². The highest BCUT2D eigenvalue weighted by atomic mass is 32.2. The molecule has 0 aromatic heterocycles. The largest absolute Gasteiger partial charge is 0.284 e. The Bertz CT molecular complexity index is 527. The summed E-state index contributed by atoms with van der Waals surface area (Å²) in [6, 6.07) is 7.97. The second kappa shape index (κ2) is 4.22. The molecule has 0 aliphatic carbocycles. The van der Waals surface area contributed by atoms with Crippen molar-refractivity contribution in [2.45, 2.75) is 11.3 Å². The topological polar surface area (TPSA) is 70.4 Å². The van der Waals surface area contributed by atoms with Gasteiger partial charge in [-0.05, 0) is 18.6 Å². The highest BCUT2D eigenvalue weighted by Gasteiger charge is 2.30. The van der Waals surface area contributed by atoms with Crippen molar-refractivity contribution in [2.75, 3.05) is 13.2 Å². The third kappa shape index (κ3) is 1.80. The Morgan fingerprint density at radius 2 is 2.12 bits per heavy atom. The molecule has 0 radical (unpaired) electrons. The van der Waals surface area contributed by atoms with Crippen LogP contribution in [-0.4, -0.2) is 26.0 Å². The van der Waals surface area contributed by atoms with Crippen molar-refractivity contribution >= 4 is 10.0 Å². The predicted octanol–water partition coefficient (Wildman–Crippen LogP) is 0.884. The molecular formula is C10H10N2O3S. The molecule has 5 nitrogen and oxygen atoms in total. The second-order valence-corrected chi connectivity index (χ2v) is 5.12. The van der Waals surface area contributed by atoms with Crippen LogP contribution in [0.1, 0.15) is 12.0 Å². The molecule has 1 aliphatic heterocycles. The lowest BCUT2D eigenvalue weighted by Gasteiger charge is -2.14. The van der Waals surface area contributed by atoms with Crippen LogP contribution in [0.15, 0.2) is 29.2 Å². The molecule has 1 fully saturated rings. The Kier molecular flexibility index (Phi) is 2.92. The molecule has 0 unspecified atom stereocenters. The van der Waals surface area contributed by atoms with Crippen molar-refractivity contribution in [2.24, 2.45) is 0 Å². The van der Waals surface area contributed by atoms with Gasteiger partial charge in [0.2, 0.25) is 0 Å². The van der Waals surface area contributed by atoms with Crippen molar-refractivity contribution in [1.82, 2.24) is 4.47 Å². The minimum atomic E-state index is -3.69. The molecule has 6 heteroatoms. The Balaban J connectivity index is 2.47. The molecule has 0 amide bonds. The van der Waals surface area contributed by atoms with E-state index in [9.17, 15) is 8.42 Å². The molecule has 2 rings (SSSR count). The van der Waals surface area contributed by atoms with Crippen LogP contribution in [0, 0.1) is 11.3 Å². The van der Waals surface area contributed by atoms with Gasteiger partial charge in [0.05, 0.1) is 12.2 Å². The Morgan fingerprint density at radius 3 is 2.75 bits per heavy atom. The summed E-state index contributed by atoms with van der Waals surface area (Å²) in [5, 5.41) is 8.85. The van der Waals surface area contributed by atoms with E-state index >= 15 is 0 Å². The zero-order valence-electron chi connectivity index (χ0n) is 8.46. The van der Waals surface area contributed by atoms with Gasteiger partial charge in [-0.25, -0.2) is 8.42 Å². The molecule has 0 N–H and O–H groups in total. The smallest absolute Gasteiger partial charge is 0.266 e. The van der Waals surface area contributed by atoms with Crippen LogP contribution >= 0.6 is 0 Å². The zero-order chi connectivity index (χ0) is 11.6. The van der Waals surface area contributed by atoms with E-state index in [-0.39, 0.29) is 10.5 Å². The van der Waals surface area contributed by atoms with E-state index in [1.807, 2.05) is 6.07 Å². The lowest BCUT2D eigenvalue weighted by atomic mass is 10.2. The maximum atomic E-state index is 12.1. The second-order valence-electron chi connectivity index (χ2n) is 3.33. The normalized spacial score (nSPS) is 17.2. The molecule has 16 heavy (non-hydrogen) atoms. The molecule has 0 spiro atoms. The fourth-order valence-electron chi connectivity index (χ4n) is 1.51. The molecule has 0 bridgehead atoms. The summed E-state index contributed by atoms with van der Waals surface area (Å²) in [5.41, 5.74) is 0.137. The fraction of sp³-hybridized carbons (Fsp3) is 0.300. The van der Waals surface area contributed by atoms with E-state index in [0.29, 0.717) is 19.6 Å². The van der Waals surface area contributed by atoms with Crippen molar-refractivity contribution < 1.29 is 13.3 Å². The molecule has 1 aliphatic rings. The summed E-state index contributed by atoms with van der Waals surface area (Å²) in [5.74, 6) is 0.